The molecule has 2 rings (SSSR count). The maximum Gasteiger partial charge on any atom is 0.416 e. The lowest BCUT2D eigenvalue weighted by atomic mass is 9.92. The van der Waals surface area contributed by atoms with E-state index in [2.05, 4.69) is 5.32 Å². The molecule has 0 saturated carbocycles. The Balaban J connectivity index is 2.05. The van der Waals surface area contributed by atoms with E-state index in [4.69, 9.17) is 5.11 Å². The summed E-state index contributed by atoms with van der Waals surface area (Å²) in [6.07, 6.45) is -1.83. The van der Waals surface area contributed by atoms with Crippen molar-refractivity contribution in [2.75, 3.05) is 0 Å². The van der Waals surface area contributed by atoms with E-state index in [0.717, 1.165) is 37.0 Å². The predicted octanol–water partition coefficient (Wildman–Crippen LogP) is 3.36. The molecule has 1 fully saturated rings. The van der Waals surface area contributed by atoms with Crippen LogP contribution in [-0.4, -0.2) is 17.1 Å². The topological polar surface area (TPSA) is 49.3 Å². The third kappa shape index (κ3) is 3.72. The van der Waals surface area contributed by atoms with E-state index in [1.807, 2.05) is 0 Å². The van der Waals surface area contributed by atoms with Crippen LogP contribution >= 0.6 is 0 Å². The first-order valence-corrected chi connectivity index (χ1v) is 6.51. The summed E-state index contributed by atoms with van der Waals surface area (Å²) in [5.74, 6) is -0.865. The minimum Gasteiger partial charge on any atom is -0.481 e. The zero-order chi connectivity index (χ0) is 14.8. The van der Waals surface area contributed by atoms with Gasteiger partial charge in [-0.25, -0.2) is 0 Å². The summed E-state index contributed by atoms with van der Waals surface area (Å²) in [6.45, 7) is 0. The van der Waals surface area contributed by atoms with Gasteiger partial charge < -0.3 is 10.4 Å². The number of hydrogen-bond donors (Lipinski definition) is 2. The molecule has 2 unspecified atom stereocenters. The highest BCUT2D eigenvalue weighted by Gasteiger charge is 2.30. The van der Waals surface area contributed by atoms with Gasteiger partial charge in [-0.05, 0) is 37.0 Å². The van der Waals surface area contributed by atoms with Gasteiger partial charge in [0, 0.05) is 12.1 Å². The van der Waals surface area contributed by atoms with Crippen LogP contribution < -0.4 is 5.32 Å². The smallest absolute Gasteiger partial charge is 0.416 e. The monoisotopic (exact) mass is 287 g/mol. The van der Waals surface area contributed by atoms with Crippen LogP contribution in [0.1, 0.15) is 42.9 Å². The third-order valence-electron chi connectivity index (χ3n) is 3.54. The van der Waals surface area contributed by atoms with Gasteiger partial charge in [0.05, 0.1) is 12.0 Å². The second-order valence-corrected chi connectivity index (χ2v) is 5.06. The first-order chi connectivity index (χ1) is 9.36. The number of carbonyl (C=O) groups is 1. The van der Waals surface area contributed by atoms with E-state index in [0.29, 0.717) is 0 Å². The Kier molecular flexibility index (Phi) is 4.32. The lowest BCUT2D eigenvalue weighted by Crippen LogP contribution is -2.38. The minimum atomic E-state index is -4.33. The summed E-state index contributed by atoms with van der Waals surface area (Å²) in [6, 6.07) is 4.87. The van der Waals surface area contributed by atoms with Gasteiger partial charge in [0.15, 0.2) is 0 Å². The standard InChI is InChI=1S/C14H16F3NO2/c15-14(16,17)10-6-4-9(5-7-10)12-3-1-2-11(18-12)8-13(19)20/h4-7,11-12,18H,1-3,8H2,(H,19,20). The molecule has 1 aromatic carbocycles. The fraction of sp³-hybridized carbons (Fsp3) is 0.500. The van der Waals surface area contributed by atoms with Crippen LogP contribution in [-0.2, 0) is 11.0 Å². The largest absolute Gasteiger partial charge is 0.481 e. The highest BCUT2D eigenvalue weighted by molar-refractivity contribution is 5.67. The number of piperidine rings is 1. The molecule has 0 radical (unpaired) electrons. The minimum absolute atomic E-state index is 0.0388. The number of aliphatic carboxylic acids is 1. The number of benzene rings is 1. The van der Waals surface area contributed by atoms with Gasteiger partial charge in [0.25, 0.3) is 0 Å². The molecule has 2 N–H and O–H groups in total. The van der Waals surface area contributed by atoms with Gasteiger partial charge >= 0.3 is 12.1 Å². The Morgan fingerprint density at radius 1 is 1.25 bits per heavy atom. The number of halogens is 3. The molecule has 1 saturated heterocycles. The van der Waals surface area contributed by atoms with Crippen molar-refractivity contribution in [3.63, 3.8) is 0 Å². The van der Waals surface area contributed by atoms with E-state index < -0.39 is 17.7 Å². The number of alkyl halides is 3. The zero-order valence-corrected chi connectivity index (χ0v) is 10.8. The Bertz CT molecular complexity index is 470. The van der Waals surface area contributed by atoms with E-state index in [1.54, 1.807) is 0 Å². The quantitative estimate of drug-likeness (QED) is 0.896. The Morgan fingerprint density at radius 2 is 1.90 bits per heavy atom. The van der Waals surface area contributed by atoms with Crippen molar-refractivity contribution >= 4 is 5.97 Å². The van der Waals surface area contributed by atoms with Crippen molar-refractivity contribution in [1.29, 1.82) is 0 Å². The summed E-state index contributed by atoms with van der Waals surface area (Å²) in [5.41, 5.74) is 0.104. The van der Waals surface area contributed by atoms with Gasteiger partial charge in [-0.3, -0.25) is 4.79 Å². The molecule has 6 heteroatoms. The molecule has 1 aromatic rings. The number of carboxylic acids is 1. The molecule has 3 nitrogen and oxygen atoms in total. The molecular formula is C14H16F3NO2. The third-order valence-corrected chi connectivity index (χ3v) is 3.54. The lowest BCUT2D eigenvalue weighted by molar-refractivity contribution is -0.138. The molecule has 2 atom stereocenters. The molecule has 1 aliphatic heterocycles. The van der Waals surface area contributed by atoms with Crippen LogP contribution in [0, 0.1) is 0 Å². The molecule has 0 aromatic heterocycles. The molecule has 0 bridgehead atoms. The first-order valence-electron chi connectivity index (χ1n) is 6.51. The number of nitrogens with one attached hydrogen (secondary N) is 1. The van der Waals surface area contributed by atoms with Crippen molar-refractivity contribution in [3.05, 3.63) is 35.4 Å². The van der Waals surface area contributed by atoms with Crippen LogP contribution in [0.2, 0.25) is 0 Å². The van der Waals surface area contributed by atoms with Crippen LogP contribution in [0.3, 0.4) is 0 Å². The van der Waals surface area contributed by atoms with E-state index >= 15 is 0 Å². The fourth-order valence-electron chi connectivity index (χ4n) is 2.56. The van der Waals surface area contributed by atoms with E-state index in [-0.39, 0.29) is 18.5 Å². The first kappa shape index (κ1) is 14.8. The normalized spacial score (nSPS) is 23.6. The highest BCUT2D eigenvalue weighted by atomic mass is 19.4. The van der Waals surface area contributed by atoms with Gasteiger partial charge in [0.2, 0.25) is 0 Å². The van der Waals surface area contributed by atoms with Gasteiger partial charge in [-0.15, -0.1) is 0 Å². The average Bonchev–Trinajstić information content (AvgIpc) is 2.37. The molecular weight excluding hydrogens is 271 g/mol. The van der Waals surface area contributed by atoms with E-state index in [9.17, 15) is 18.0 Å². The van der Waals surface area contributed by atoms with E-state index in [1.165, 1.54) is 12.1 Å². The molecule has 1 heterocycles. The molecule has 0 aliphatic carbocycles. The van der Waals surface area contributed by atoms with Gasteiger partial charge in [-0.2, -0.15) is 13.2 Å². The average molecular weight is 287 g/mol. The van der Waals surface area contributed by atoms with Crippen LogP contribution in [0.4, 0.5) is 13.2 Å². The molecule has 0 amide bonds. The van der Waals surface area contributed by atoms with Crippen molar-refractivity contribution in [2.45, 2.75) is 43.9 Å². The predicted molar refractivity (Wildman–Crippen MR) is 67.2 cm³/mol. The van der Waals surface area contributed by atoms with Crippen molar-refractivity contribution < 1.29 is 23.1 Å². The SMILES string of the molecule is O=C(O)CC1CCCC(c2ccc(C(F)(F)F)cc2)N1. The fourth-order valence-corrected chi connectivity index (χ4v) is 2.56. The zero-order valence-electron chi connectivity index (χ0n) is 10.8. The Hall–Kier alpha value is -1.56. The second-order valence-electron chi connectivity index (χ2n) is 5.06. The summed E-state index contributed by atoms with van der Waals surface area (Å²) in [4.78, 5) is 10.7. The van der Waals surface area contributed by atoms with Crippen LogP contribution in [0.25, 0.3) is 0 Å². The number of hydrogen-bond acceptors (Lipinski definition) is 2. The maximum absolute atomic E-state index is 12.5. The summed E-state index contributed by atoms with van der Waals surface area (Å²) >= 11 is 0. The Morgan fingerprint density at radius 3 is 2.45 bits per heavy atom. The molecule has 20 heavy (non-hydrogen) atoms. The maximum atomic E-state index is 12.5. The molecule has 110 valence electrons. The van der Waals surface area contributed by atoms with Crippen molar-refractivity contribution in [2.24, 2.45) is 0 Å². The van der Waals surface area contributed by atoms with Gasteiger partial charge in [0.1, 0.15) is 0 Å². The van der Waals surface area contributed by atoms with Crippen molar-refractivity contribution in [3.8, 4) is 0 Å². The van der Waals surface area contributed by atoms with Crippen LogP contribution in [0.5, 0.6) is 0 Å². The highest BCUT2D eigenvalue weighted by Crippen LogP contribution is 2.32. The molecule has 0 spiro atoms. The van der Waals surface area contributed by atoms with Crippen LogP contribution in [0.15, 0.2) is 24.3 Å². The lowest BCUT2D eigenvalue weighted by Gasteiger charge is -2.30. The number of carboxylic acid groups (broad SMARTS) is 1. The van der Waals surface area contributed by atoms with Crippen molar-refractivity contribution in [1.82, 2.24) is 5.32 Å². The van der Waals surface area contributed by atoms with Gasteiger partial charge in [-0.1, -0.05) is 12.1 Å². The number of rotatable bonds is 3. The summed E-state index contributed by atoms with van der Waals surface area (Å²) < 4.78 is 37.5. The summed E-state index contributed by atoms with van der Waals surface area (Å²) in [7, 11) is 0. The Labute approximate surface area is 114 Å². The summed E-state index contributed by atoms with van der Waals surface area (Å²) in [5, 5.41) is 12.0. The second kappa shape index (κ2) is 5.83. The molecule has 1 aliphatic rings.